The number of hydrogen-bond donors (Lipinski definition) is 4. The summed E-state index contributed by atoms with van der Waals surface area (Å²) in [7, 11) is -4.42. The van der Waals surface area contributed by atoms with E-state index in [1.54, 1.807) is 61.8 Å². The third-order valence-electron chi connectivity index (χ3n) is 5.17. The number of aryl methyl sites for hydroxylation is 2. The summed E-state index contributed by atoms with van der Waals surface area (Å²) in [4.78, 5) is 3.58. The maximum Gasteiger partial charge on any atom is 0.441 e. The molecular formula is C22H34N4O6S. The Morgan fingerprint density at radius 3 is 1.45 bits per heavy atom. The van der Waals surface area contributed by atoms with E-state index in [1.165, 1.54) is 0 Å². The van der Waals surface area contributed by atoms with E-state index in [0.717, 1.165) is 22.5 Å². The number of anilines is 4. The Labute approximate surface area is 196 Å². The first kappa shape index (κ1) is 26.7. The Bertz CT molecular complexity index is 954. The third-order valence-corrected chi connectivity index (χ3v) is 5.75. The van der Waals surface area contributed by atoms with Crippen LogP contribution in [0.15, 0.2) is 36.4 Å². The summed E-state index contributed by atoms with van der Waals surface area (Å²) < 4.78 is 33.9. The summed E-state index contributed by atoms with van der Waals surface area (Å²) in [6.07, 6.45) is -1.31. The summed E-state index contributed by atoms with van der Waals surface area (Å²) in [6, 6.07) is 10.4. The van der Waals surface area contributed by atoms with Gasteiger partial charge in [-0.05, 0) is 89.1 Å². The molecule has 0 spiro atoms. The average Bonchev–Trinajstić information content (AvgIpc) is 2.73. The van der Waals surface area contributed by atoms with Crippen LogP contribution in [0.5, 0.6) is 0 Å². The molecule has 4 N–H and O–H groups in total. The Morgan fingerprint density at radius 1 is 0.818 bits per heavy atom. The van der Waals surface area contributed by atoms with E-state index in [-0.39, 0.29) is 0 Å². The highest BCUT2D eigenvalue weighted by atomic mass is 32.3. The molecule has 2 unspecified atom stereocenters. The van der Waals surface area contributed by atoms with E-state index in [1.807, 2.05) is 26.0 Å². The molecule has 0 fully saturated rings. The molecule has 0 aliphatic rings. The molecule has 2 rings (SSSR count). The second-order valence-corrected chi connectivity index (χ2v) is 8.76. The van der Waals surface area contributed by atoms with Crippen LogP contribution in [0.1, 0.15) is 38.8 Å². The van der Waals surface area contributed by atoms with Crippen molar-refractivity contribution in [2.24, 2.45) is 0 Å². The number of nitrogens with zero attached hydrogens (tertiary/aromatic N) is 2. The molecule has 0 radical (unpaired) electrons. The predicted molar refractivity (Wildman–Crippen MR) is 130 cm³/mol. The molecule has 0 aliphatic carbocycles. The zero-order chi connectivity index (χ0) is 24.8. The largest absolute Gasteiger partial charge is 0.441 e. The Balaban J connectivity index is 2.01. The molecule has 2 aromatic rings. The smallest absolute Gasteiger partial charge is 0.374 e. The molecule has 2 aromatic carbocycles. The number of rotatable bonds is 12. The van der Waals surface area contributed by atoms with E-state index in [9.17, 15) is 18.6 Å². The summed E-state index contributed by atoms with van der Waals surface area (Å²) in [5.41, 5.74) is 8.70. The van der Waals surface area contributed by atoms with Crippen LogP contribution in [0.4, 0.5) is 22.7 Å². The van der Waals surface area contributed by atoms with Crippen molar-refractivity contribution in [1.82, 2.24) is 0 Å². The van der Waals surface area contributed by atoms with Crippen LogP contribution in [0.3, 0.4) is 0 Å². The predicted octanol–water partition coefficient (Wildman–Crippen LogP) is 3.26. The highest BCUT2D eigenvalue weighted by Crippen LogP contribution is 2.26. The van der Waals surface area contributed by atoms with Gasteiger partial charge in [0, 0.05) is 24.5 Å². The van der Waals surface area contributed by atoms with Crippen LogP contribution in [-0.4, -0.2) is 44.2 Å². The molecule has 0 aliphatic heterocycles. The molecule has 0 saturated carbocycles. The summed E-state index contributed by atoms with van der Waals surface area (Å²) in [6.45, 7) is 12.0. The molecule has 0 aromatic heterocycles. The minimum atomic E-state index is -4.42. The lowest BCUT2D eigenvalue weighted by atomic mass is 10.1. The summed E-state index contributed by atoms with van der Waals surface area (Å²) >= 11 is 0. The van der Waals surface area contributed by atoms with Gasteiger partial charge in [0.2, 0.25) is 0 Å². The van der Waals surface area contributed by atoms with Crippen LogP contribution >= 0.6 is 0 Å². The number of hydrogen-bond acceptors (Lipinski definition) is 10. The van der Waals surface area contributed by atoms with Crippen molar-refractivity contribution in [3.63, 3.8) is 0 Å². The minimum absolute atomic E-state index is 0.436. The van der Waals surface area contributed by atoms with E-state index < -0.39 is 22.9 Å². The summed E-state index contributed by atoms with van der Waals surface area (Å²) in [5.74, 6) is 0. The third kappa shape index (κ3) is 7.21. The normalized spacial score (nSPS) is 13.3. The molecule has 184 valence electrons. The lowest BCUT2D eigenvalue weighted by Crippen LogP contribution is -2.32. The first-order chi connectivity index (χ1) is 15.5. The number of benzene rings is 2. The van der Waals surface area contributed by atoms with Gasteiger partial charge < -0.3 is 20.0 Å². The van der Waals surface area contributed by atoms with Crippen molar-refractivity contribution in [2.75, 3.05) is 33.8 Å². The van der Waals surface area contributed by atoms with Crippen molar-refractivity contribution in [3.8, 4) is 0 Å². The topological polar surface area (TPSA) is 124 Å². The van der Waals surface area contributed by atoms with Gasteiger partial charge in [-0.1, -0.05) is 0 Å². The highest BCUT2D eigenvalue weighted by Gasteiger charge is 2.17. The van der Waals surface area contributed by atoms with Crippen molar-refractivity contribution in [2.45, 2.75) is 54.0 Å². The number of nitrogens with one attached hydrogen (secondary N) is 2. The maximum atomic E-state index is 12.2. The first-order valence-electron chi connectivity index (χ1n) is 10.7. The molecule has 11 heteroatoms. The Hall–Kier alpha value is -2.57. The van der Waals surface area contributed by atoms with Gasteiger partial charge in [-0.25, -0.2) is 11.0 Å². The second kappa shape index (κ2) is 11.5. The zero-order valence-electron chi connectivity index (χ0n) is 19.9. The zero-order valence-corrected chi connectivity index (χ0v) is 20.7. The van der Waals surface area contributed by atoms with Crippen LogP contribution in [0, 0.1) is 13.8 Å². The molecule has 0 heterocycles. The van der Waals surface area contributed by atoms with Gasteiger partial charge in [0.25, 0.3) is 0 Å². The molecule has 0 amide bonds. The fraction of sp³-hybridized carbons (Fsp3) is 0.455. The summed E-state index contributed by atoms with van der Waals surface area (Å²) in [5, 5.41) is 19.7. The molecule has 2 atom stereocenters. The lowest BCUT2D eigenvalue weighted by molar-refractivity contribution is 0.189. The second-order valence-electron chi connectivity index (χ2n) is 7.61. The van der Waals surface area contributed by atoms with E-state index in [2.05, 4.69) is 11.0 Å². The van der Waals surface area contributed by atoms with Crippen LogP contribution in [0.2, 0.25) is 0 Å². The fourth-order valence-electron chi connectivity index (χ4n) is 3.42. The standard InChI is InChI=1S/C22H34N4O6S/c1-7-25(17(5)27)19-9-11-21(15(3)13-19)23-31-33(29,30)32-24-22-12-10-20(14-16(22)4)26(8-2)18(6)28/h9-14,17-18,23-24,27-28H,7-8H2,1-6H3. The Morgan fingerprint density at radius 2 is 1.18 bits per heavy atom. The molecule has 33 heavy (non-hydrogen) atoms. The van der Waals surface area contributed by atoms with Crippen LogP contribution < -0.4 is 20.8 Å². The van der Waals surface area contributed by atoms with Gasteiger partial charge in [0.05, 0.1) is 11.4 Å². The van der Waals surface area contributed by atoms with Crippen molar-refractivity contribution < 1.29 is 27.2 Å². The average molecular weight is 483 g/mol. The van der Waals surface area contributed by atoms with Gasteiger partial charge in [0.1, 0.15) is 12.5 Å². The number of aliphatic hydroxyl groups is 2. The van der Waals surface area contributed by atoms with E-state index >= 15 is 0 Å². The highest BCUT2D eigenvalue weighted by molar-refractivity contribution is 7.81. The van der Waals surface area contributed by atoms with Gasteiger partial charge >= 0.3 is 10.4 Å². The van der Waals surface area contributed by atoms with Gasteiger partial charge in [-0.3, -0.25) is 0 Å². The Kier molecular flexibility index (Phi) is 9.32. The maximum absolute atomic E-state index is 12.2. The quantitative estimate of drug-likeness (QED) is 0.265. The molecule has 0 bridgehead atoms. The first-order valence-corrected chi connectivity index (χ1v) is 12.1. The number of aliphatic hydroxyl groups excluding tert-OH is 2. The van der Waals surface area contributed by atoms with E-state index in [4.69, 9.17) is 8.57 Å². The van der Waals surface area contributed by atoms with Gasteiger partial charge in [-0.15, -0.1) is 8.57 Å². The van der Waals surface area contributed by atoms with Crippen molar-refractivity contribution in [3.05, 3.63) is 47.5 Å². The minimum Gasteiger partial charge on any atom is -0.374 e. The van der Waals surface area contributed by atoms with Crippen molar-refractivity contribution in [1.29, 1.82) is 0 Å². The van der Waals surface area contributed by atoms with Crippen molar-refractivity contribution >= 4 is 33.1 Å². The molecular weight excluding hydrogens is 448 g/mol. The van der Waals surface area contributed by atoms with Crippen LogP contribution in [-0.2, 0) is 19.0 Å². The fourth-order valence-corrected chi connectivity index (χ4v) is 3.83. The van der Waals surface area contributed by atoms with Gasteiger partial charge in [0.15, 0.2) is 0 Å². The monoisotopic (exact) mass is 482 g/mol. The SMILES string of the molecule is CCN(c1ccc(NOS(=O)(=O)ONc2ccc(N(CC)C(C)O)cc2C)c(C)c1)C(C)O. The van der Waals surface area contributed by atoms with E-state index in [0.29, 0.717) is 24.5 Å². The molecule has 0 saturated heterocycles. The lowest BCUT2D eigenvalue weighted by Gasteiger charge is -2.27. The van der Waals surface area contributed by atoms with Gasteiger partial charge in [-0.2, -0.15) is 8.42 Å². The molecule has 10 nitrogen and oxygen atoms in total. The van der Waals surface area contributed by atoms with Crippen LogP contribution in [0.25, 0.3) is 0 Å².